The summed E-state index contributed by atoms with van der Waals surface area (Å²) in [7, 11) is 0. The van der Waals surface area contributed by atoms with Crippen molar-refractivity contribution in [1.82, 2.24) is 9.13 Å². The molecule has 0 saturated carbocycles. The van der Waals surface area contributed by atoms with E-state index in [-0.39, 0.29) is 5.43 Å². The van der Waals surface area contributed by atoms with Crippen molar-refractivity contribution in [3.8, 4) is 33.6 Å². The van der Waals surface area contributed by atoms with Crippen LogP contribution in [0.1, 0.15) is 0 Å². The van der Waals surface area contributed by atoms with E-state index in [0.29, 0.717) is 21.9 Å². The zero-order valence-corrected chi connectivity index (χ0v) is 28.5. The zero-order chi connectivity index (χ0) is 35.0. The van der Waals surface area contributed by atoms with Crippen LogP contribution in [0.4, 0.5) is 0 Å². The van der Waals surface area contributed by atoms with E-state index in [1.54, 1.807) is 0 Å². The predicted octanol–water partition coefficient (Wildman–Crippen LogP) is 12.5. The number of aromatic nitrogens is 2. The topological polar surface area (TPSA) is 40.1 Å². The lowest BCUT2D eigenvalue weighted by atomic mass is 10.0. The quantitative estimate of drug-likeness (QED) is 0.174. The van der Waals surface area contributed by atoms with Gasteiger partial charge < -0.3 is 13.6 Å². The molecule has 0 atom stereocenters. The van der Waals surface area contributed by atoms with Gasteiger partial charge in [0.25, 0.3) is 0 Å². The van der Waals surface area contributed by atoms with Gasteiger partial charge >= 0.3 is 0 Å². The summed E-state index contributed by atoms with van der Waals surface area (Å²) < 4.78 is 11.0. The van der Waals surface area contributed by atoms with Crippen molar-refractivity contribution in [2.45, 2.75) is 0 Å². The van der Waals surface area contributed by atoms with E-state index in [9.17, 15) is 4.79 Å². The highest BCUT2D eigenvalue weighted by molar-refractivity contribution is 6.12. The summed E-state index contributed by atoms with van der Waals surface area (Å²) in [5.74, 6) is 0. The molecule has 0 saturated heterocycles. The van der Waals surface area contributed by atoms with Crippen LogP contribution in [0.15, 0.2) is 191 Å². The Hall–Kier alpha value is -7.17. The molecular formula is C49H30N2O2. The van der Waals surface area contributed by atoms with Crippen LogP contribution in [-0.4, -0.2) is 9.13 Å². The first-order valence-electron chi connectivity index (χ1n) is 17.9. The van der Waals surface area contributed by atoms with Gasteiger partial charge in [0.15, 0.2) is 0 Å². The highest BCUT2D eigenvalue weighted by Crippen LogP contribution is 2.38. The van der Waals surface area contributed by atoms with Crippen LogP contribution in [0.25, 0.3) is 99.2 Å². The van der Waals surface area contributed by atoms with Gasteiger partial charge in [-0.2, -0.15) is 0 Å². The molecule has 0 spiro atoms. The Morgan fingerprint density at radius 1 is 0.321 bits per heavy atom. The van der Waals surface area contributed by atoms with Crippen molar-refractivity contribution >= 4 is 65.6 Å². The molecule has 11 aromatic rings. The van der Waals surface area contributed by atoms with Crippen LogP contribution < -0.4 is 5.43 Å². The van der Waals surface area contributed by atoms with Crippen LogP contribution in [0, 0.1) is 0 Å². The summed E-state index contributed by atoms with van der Waals surface area (Å²) in [5, 5.41) is 6.07. The lowest BCUT2D eigenvalue weighted by molar-refractivity contribution is 0.660. The fraction of sp³-hybridized carbons (Fsp3) is 0. The molecule has 0 aliphatic rings. The summed E-state index contributed by atoms with van der Waals surface area (Å²) in [4.78, 5) is 13.2. The summed E-state index contributed by atoms with van der Waals surface area (Å²) in [5.41, 5.74) is 12.4. The lowest BCUT2D eigenvalue weighted by Crippen LogP contribution is -2.01. The fourth-order valence-electron chi connectivity index (χ4n) is 8.22. The molecule has 0 amide bonds. The molecule has 53 heavy (non-hydrogen) atoms. The smallest absolute Gasteiger partial charge is 0.200 e. The van der Waals surface area contributed by atoms with Crippen molar-refractivity contribution in [3.63, 3.8) is 0 Å². The largest absolute Gasteiger partial charge is 0.456 e. The Balaban J connectivity index is 1.11. The predicted molar refractivity (Wildman–Crippen MR) is 220 cm³/mol. The molecule has 0 bridgehead atoms. The molecule has 0 radical (unpaired) electrons. The van der Waals surface area contributed by atoms with E-state index in [0.717, 1.165) is 33.5 Å². The maximum absolute atomic E-state index is 13.2. The Kier molecular flexibility index (Phi) is 6.37. The monoisotopic (exact) mass is 678 g/mol. The first-order chi connectivity index (χ1) is 26.2. The van der Waals surface area contributed by atoms with E-state index < -0.39 is 0 Å². The van der Waals surface area contributed by atoms with Gasteiger partial charge in [0, 0.05) is 32.9 Å². The fourth-order valence-corrected chi connectivity index (χ4v) is 8.22. The van der Waals surface area contributed by atoms with E-state index in [4.69, 9.17) is 4.42 Å². The number of hydrogen-bond donors (Lipinski definition) is 0. The summed E-state index contributed by atoms with van der Waals surface area (Å²) in [6.07, 6.45) is 0. The minimum Gasteiger partial charge on any atom is -0.456 e. The van der Waals surface area contributed by atoms with Crippen molar-refractivity contribution in [2.24, 2.45) is 0 Å². The van der Waals surface area contributed by atoms with Crippen molar-refractivity contribution in [1.29, 1.82) is 0 Å². The molecule has 0 N–H and O–H groups in total. The highest BCUT2D eigenvalue weighted by Gasteiger charge is 2.18. The van der Waals surface area contributed by atoms with Crippen LogP contribution in [-0.2, 0) is 0 Å². The minimum absolute atomic E-state index is 0.00902. The van der Waals surface area contributed by atoms with Crippen LogP contribution in [0.2, 0.25) is 0 Å². The third kappa shape index (κ3) is 4.52. The van der Waals surface area contributed by atoms with Crippen LogP contribution in [0.5, 0.6) is 0 Å². The molecule has 4 heteroatoms. The lowest BCUT2D eigenvalue weighted by Gasteiger charge is -2.12. The van der Waals surface area contributed by atoms with E-state index in [2.05, 4.69) is 149 Å². The van der Waals surface area contributed by atoms with E-state index in [1.807, 2.05) is 42.5 Å². The van der Waals surface area contributed by atoms with Crippen molar-refractivity contribution in [3.05, 3.63) is 192 Å². The summed E-state index contributed by atoms with van der Waals surface area (Å²) in [6.45, 7) is 0. The molecule has 248 valence electrons. The van der Waals surface area contributed by atoms with Gasteiger partial charge in [0.2, 0.25) is 5.43 Å². The molecule has 0 fully saturated rings. The van der Waals surface area contributed by atoms with Gasteiger partial charge in [-0.15, -0.1) is 0 Å². The van der Waals surface area contributed by atoms with Gasteiger partial charge in [0.1, 0.15) is 11.2 Å². The SMILES string of the molecule is O=c1c2ccccc2oc2cc(-c3ccc(-n4c5cc(-c6ccccc6)ccc5c5ccc(-n6c7ccccc7c7ccccc76)cc54)cc3)ccc12. The van der Waals surface area contributed by atoms with E-state index in [1.165, 1.54) is 43.7 Å². The molecule has 8 aromatic carbocycles. The number of benzene rings is 8. The molecule has 11 rings (SSSR count). The zero-order valence-electron chi connectivity index (χ0n) is 28.5. The number of para-hydroxylation sites is 3. The van der Waals surface area contributed by atoms with E-state index >= 15 is 0 Å². The second-order valence-corrected chi connectivity index (χ2v) is 13.7. The summed E-state index contributed by atoms with van der Waals surface area (Å²) >= 11 is 0. The first kappa shape index (κ1) is 29.5. The minimum atomic E-state index is -0.00902. The molecule has 3 aromatic heterocycles. The molecule has 0 aliphatic heterocycles. The molecule has 0 unspecified atom stereocenters. The Morgan fingerprint density at radius 3 is 1.53 bits per heavy atom. The van der Waals surface area contributed by atoms with Gasteiger partial charge in [-0.25, -0.2) is 0 Å². The number of hydrogen-bond acceptors (Lipinski definition) is 2. The molecular weight excluding hydrogens is 649 g/mol. The van der Waals surface area contributed by atoms with Crippen LogP contribution >= 0.6 is 0 Å². The average Bonchev–Trinajstić information content (AvgIpc) is 3.73. The Morgan fingerprint density at radius 2 is 0.792 bits per heavy atom. The molecule has 0 aliphatic carbocycles. The van der Waals surface area contributed by atoms with Gasteiger partial charge in [-0.1, -0.05) is 115 Å². The second kappa shape index (κ2) is 11.4. The second-order valence-electron chi connectivity index (χ2n) is 13.7. The maximum Gasteiger partial charge on any atom is 0.200 e. The first-order valence-corrected chi connectivity index (χ1v) is 17.9. The number of nitrogens with zero attached hydrogens (tertiary/aromatic N) is 2. The van der Waals surface area contributed by atoms with Gasteiger partial charge in [0.05, 0.1) is 32.8 Å². The molecule has 3 heterocycles. The normalized spacial score (nSPS) is 11.8. The molecule has 4 nitrogen and oxygen atoms in total. The third-order valence-electron chi connectivity index (χ3n) is 10.7. The average molecular weight is 679 g/mol. The number of rotatable bonds is 4. The Bertz CT molecular complexity index is 3240. The summed E-state index contributed by atoms with van der Waals surface area (Å²) in [6, 6.07) is 63.5. The van der Waals surface area contributed by atoms with Crippen LogP contribution in [0.3, 0.4) is 0 Å². The van der Waals surface area contributed by atoms with Crippen molar-refractivity contribution < 1.29 is 4.42 Å². The Labute approximate surface area is 304 Å². The maximum atomic E-state index is 13.2. The van der Waals surface area contributed by atoms with Gasteiger partial charge in [-0.3, -0.25) is 4.79 Å². The number of fused-ring (bicyclic) bond motifs is 8. The van der Waals surface area contributed by atoms with Gasteiger partial charge in [-0.05, 0) is 89.0 Å². The highest BCUT2D eigenvalue weighted by atomic mass is 16.3. The standard InChI is InChI=1S/C49H30N2O2/c52-49-41-14-6-9-17-47(41)53-48-29-34(21-26-42(48)49)32-18-22-35(23-19-32)50-45-28-33(31-10-2-1-3-11-31)20-25-39(45)40-27-24-36(30-46(40)50)51-43-15-7-4-12-37(43)38-13-5-8-16-44(38)51/h1-30H. The van der Waals surface area contributed by atoms with Crippen molar-refractivity contribution in [2.75, 3.05) is 0 Å². The third-order valence-corrected chi connectivity index (χ3v) is 10.7.